The van der Waals surface area contributed by atoms with Crippen molar-refractivity contribution in [3.8, 4) is 0 Å². The summed E-state index contributed by atoms with van der Waals surface area (Å²) in [4.78, 5) is 0. The highest BCUT2D eigenvalue weighted by molar-refractivity contribution is 4.50. The molecule has 0 aliphatic carbocycles. The second-order valence-electron chi connectivity index (χ2n) is 2.48. The van der Waals surface area contributed by atoms with E-state index in [1.807, 2.05) is 0 Å². The van der Waals surface area contributed by atoms with Crippen molar-refractivity contribution in [3.05, 3.63) is 25.7 Å². The predicted molar refractivity (Wildman–Crippen MR) is 53.4 cm³/mol. The lowest BCUT2D eigenvalue weighted by Crippen LogP contribution is -2.17. The van der Waals surface area contributed by atoms with E-state index in [0.29, 0.717) is 13.2 Å². The summed E-state index contributed by atoms with van der Waals surface area (Å²) in [6.45, 7) is 11.3. The van der Waals surface area contributed by atoms with Gasteiger partial charge in [0.2, 0.25) is 0 Å². The molecule has 4 nitrogen and oxygen atoms in total. The Labute approximate surface area is 85.1 Å². The summed E-state index contributed by atoms with van der Waals surface area (Å²) >= 11 is 0. The summed E-state index contributed by atoms with van der Waals surface area (Å²) in [5, 5.41) is 0. The molecule has 0 aliphatic heterocycles. The lowest BCUT2D eigenvalue weighted by molar-refractivity contribution is -0.140. The molecular weight excluding hydrogens is 184 g/mol. The van der Waals surface area contributed by atoms with Gasteiger partial charge >= 0.3 is 0 Å². The van der Waals surface area contributed by atoms with Gasteiger partial charge in [-0.1, -0.05) is 13.2 Å². The molecule has 0 rings (SSSR count). The van der Waals surface area contributed by atoms with Crippen LogP contribution in [0.2, 0.25) is 0 Å². The molecule has 2 unspecified atom stereocenters. The smallest absolute Gasteiger partial charge is 0.196 e. The average Bonchev–Trinajstić information content (AvgIpc) is 2.13. The fourth-order valence-corrected chi connectivity index (χ4v) is 0.778. The zero-order valence-electron chi connectivity index (χ0n) is 8.77. The molecule has 0 N–H and O–H groups in total. The number of hydrogen-bond donors (Lipinski definition) is 0. The van der Waals surface area contributed by atoms with Gasteiger partial charge in [-0.05, 0) is 13.8 Å². The normalized spacial score (nSPS) is 14.1. The molecule has 82 valence electrons. The Morgan fingerprint density at radius 1 is 0.929 bits per heavy atom. The second kappa shape index (κ2) is 8.59. The first-order valence-corrected chi connectivity index (χ1v) is 4.46. The first-order valence-electron chi connectivity index (χ1n) is 4.46. The third-order valence-electron chi connectivity index (χ3n) is 1.36. The van der Waals surface area contributed by atoms with Crippen LogP contribution in [0, 0.1) is 0 Å². The number of ether oxygens (including phenoxy) is 4. The van der Waals surface area contributed by atoms with Gasteiger partial charge in [-0.2, -0.15) is 0 Å². The van der Waals surface area contributed by atoms with Gasteiger partial charge in [0.05, 0.1) is 25.7 Å². The van der Waals surface area contributed by atoms with E-state index in [9.17, 15) is 0 Å². The summed E-state index contributed by atoms with van der Waals surface area (Å²) in [6.07, 6.45) is 2.09. The minimum absolute atomic E-state index is 0.299. The molecule has 4 heteroatoms. The van der Waals surface area contributed by atoms with E-state index >= 15 is 0 Å². The van der Waals surface area contributed by atoms with Crippen molar-refractivity contribution in [1.82, 2.24) is 0 Å². The van der Waals surface area contributed by atoms with Crippen LogP contribution in [-0.2, 0) is 18.9 Å². The molecule has 0 fully saturated rings. The van der Waals surface area contributed by atoms with Gasteiger partial charge in [0, 0.05) is 0 Å². The molecule has 0 saturated heterocycles. The molecule has 14 heavy (non-hydrogen) atoms. The predicted octanol–water partition coefficient (Wildman–Crippen LogP) is 2.03. The maximum atomic E-state index is 5.21. The zero-order chi connectivity index (χ0) is 10.8. The lowest BCUT2D eigenvalue weighted by Gasteiger charge is -2.14. The van der Waals surface area contributed by atoms with Crippen molar-refractivity contribution in [2.24, 2.45) is 0 Å². The Balaban J connectivity index is 3.27. The van der Waals surface area contributed by atoms with Gasteiger partial charge in [-0.3, -0.25) is 0 Å². The van der Waals surface area contributed by atoms with E-state index in [0.717, 1.165) is 0 Å². The Morgan fingerprint density at radius 3 is 1.57 bits per heavy atom. The van der Waals surface area contributed by atoms with Gasteiger partial charge in [-0.15, -0.1) is 0 Å². The summed E-state index contributed by atoms with van der Waals surface area (Å²) in [6, 6.07) is 0. The van der Waals surface area contributed by atoms with Crippen LogP contribution in [0.1, 0.15) is 13.8 Å². The molecule has 0 radical (unpaired) electrons. The lowest BCUT2D eigenvalue weighted by atomic mass is 10.7. The largest absolute Gasteiger partial charge is 0.473 e. The fourth-order valence-electron chi connectivity index (χ4n) is 0.778. The Morgan fingerprint density at radius 2 is 1.29 bits per heavy atom. The van der Waals surface area contributed by atoms with Gasteiger partial charge in [0.25, 0.3) is 0 Å². The molecule has 0 spiro atoms. The van der Waals surface area contributed by atoms with Gasteiger partial charge in [0.15, 0.2) is 12.6 Å². The second-order valence-corrected chi connectivity index (χ2v) is 2.48. The van der Waals surface area contributed by atoms with E-state index in [1.54, 1.807) is 13.8 Å². The van der Waals surface area contributed by atoms with E-state index in [1.165, 1.54) is 12.5 Å². The number of rotatable bonds is 9. The van der Waals surface area contributed by atoms with Crippen LogP contribution in [0.4, 0.5) is 0 Å². The summed E-state index contributed by atoms with van der Waals surface area (Å²) in [7, 11) is 0. The highest BCUT2D eigenvalue weighted by atomic mass is 16.7. The molecule has 0 saturated carbocycles. The molecule has 0 aromatic rings. The Bertz CT molecular complexity index is 140. The zero-order valence-corrected chi connectivity index (χ0v) is 8.77. The van der Waals surface area contributed by atoms with Crippen LogP contribution in [-0.4, -0.2) is 25.8 Å². The first kappa shape index (κ1) is 13.0. The van der Waals surface area contributed by atoms with E-state index in [2.05, 4.69) is 13.2 Å². The van der Waals surface area contributed by atoms with Crippen LogP contribution in [0.25, 0.3) is 0 Å². The SMILES string of the molecule is C=COC(C)OCCOC(C)OC=C. The van der Waals surface area contributed by atoms with Crippen LogP contribution in [0.3, 0.4) is 0 Å². The minimum atomic E-state index is -0.299. The minimum Gasteiger partial charge on any atom is -0.473 e. The van der Waals surface area contributed by atoms with Gasteiger partial charge in [-0.25, -0.2) is 0 Å². The third-order valence-corrected chi connectivity index (χ3v) is 1.36. The maximum Gasteiger partial charge on any atom is 0.196 e. The van der Waals surface area contributed by atoms with Crippen molar-refractivity contribution in [3.63, 3.8) is 0 Å². The standard InChI is InChI=1S/C10H18O4/c1-5-11-9(3)13-7-8-14-10(4)12-6-2/h5-6,9-10H,1-2,7-8H2,3-4H3. The van der Waals surface area contributed by atoms with Crippen LogP contribution in [0.15, 0.2) is 25.7 Å². The summed E-state index contributed by atoms with van der Waals surface area (Å²) in [5.41, 5.74) is 0. The molecule has 0 heterocycles. The Kier molecular flexibility index (Phi) is 7.98. The molecule has 0 amide bonds. The van der Waals surface area contributed by atoms with E-state index < -0.39 is 0 Å². The fraction of sp³-hybridized carbons (Fsp3) is 0.600. The van der Waals surface area contributed by atoms with Crippen molar-refractivity contribution >= 4 is 0 Å². The first-order chi connectivity index (χ1) is 6.70. The monoisotopic (exact) mass is 202 g/mol. The highest BCUT2D eigenvalue weighted by Crippen LogP contribution is 1.96. The van der Waals surface area contributed by atoms with E-state index in [-0.39, 0.29) is 12.6 Å². The van der Waals surface area contributed by atoms with Gasteiger partial charge in [0.1, 0.15) is 0 Å². The van der Waals surface area contributed by atoms with Crippen molar-refractivity contribution < 1.29 is 18.9 Å². The quantitative estimate of drug-likeness (QED) is 0.325. The van der Waals surface area contributed by atoms with Crippen LogP contribution < -0.4 is 0 Å². The molecule has 0 aliphatic rings. The van der Waals surface area contributed by atoms with Crippen LogP contribution in [0.5, 0.6) is 0 Å². The molecule has 0 bridgehead atoms. The topological polar surface area (TPSA) is 36.9 Å². The molecule has 0 aromatic heterocycles. The molecule has 2 atom stereocenters. The number of hydrogen-bond acceptors (Lipinski definition) is 4. The third kappa shape index (κ3) is 7.64. The highest BCUT2D eigenvalue weighted by Gasteiger charge is 2.02. The van der Waals surface area contributed by atoms with Gasteiger partial charge < -0.3 is 18.9 Å². The van der Waals surface area contributed by atoms with Crippen molar-refractivity contribution in [2.75, 3.05) is 13.2 Å². The summed E-state index contributed by atoms with van der Waals surface area (Å²) in [5.74, 6) is 0. The molecule has 0 aromatic carbocycles. The van der Waals surface area contributed by atoms with Crippen LogP contribution >= 0.6 is 0 Å². The van der Waals surface area contributed by atoms with Crippen molar-refractivity contribution in [2.45, 2.75) is 26.4 Å². The van der Waals surface area contributed by atoms with Crippen molar-refractivity contribution in [1.29, 1.82) is 0 Å². The maximum absolute atomic E-state index is 5.21. The molecular formula is C10H18O4. The average molecular weight is 202 g/mol. The van der Waals surface area contributed by atoms with E-state index in [4.69, 9.17) is 18.9 Å². The Hall–Kier alpha value is -1.00. The summed E-state index contributed by atoms with van der Waals surface area (Å²) < 4.78 is 20.3.